The molecule has 1 aliphatic carbocycles. The summed E-state index contributed by atoms with van der Waals surface area (Å²) in [6.07, 6.45) is -0.652. The van der Waals surface area contributed by atoms with Crippen molar-refractivity contribution < 1.29 is 9.18 Å². The maximum absolute atomic E-state index is 12.9. The molecule has 112 valence electrons. The van der Waals surface area contributed by atoms with Gasteiger partial charge in [-0.25, -0.2) is 9.37 Å². The second-order valence-electron chi connectivity index (χ2n) is 5.48. The lowest BCUT2D eigenvalue weighted by molar-refractivity contribution is -0.117. The normalized spacial score (nSPS) is 20.3. The minimum absolute atomic E-state index is 0.263. The van der Waals surface area contributed by atoms with Crippen molar-refractivity contribution in [2.45, 2.75) is 19.5 Å². The summed E-state index contributed by atoms with van der Waals surface area (Å²) in [5.41, 5.74) is 3.27. The van der Waals surface area contributed by atoms with Crippen LogP contribution in [0.4, 0.5) is 9.52 Å². The van der Waals surface area contributed by atoms with E-state index in [1.54, 1.807) is 11.3 Å². The van der Waals surface area contributed by atoms with Crippen molar-refractivity contribution in [1.82, 2.24) is 4.98 Å². The predicted octanol–water partition coefficient (Wildman–Crippen LogP) is 4.63. The van der Waals surface area contributed by atoms with Crippen LogP contribution in [0.1, 0.15) is 12.0 Å². The second-order valence-corrected chi connectivity index (χ2v) is 7.43. The van der Waals surface area contributed by atoms with E-state index < -0.39 is 12.1 Å². The Morgan fingerprint density at radius 1 is 1.41 bits per heavy atom. The molecule has 1 saturated carbocycles. The van der Waals surface area contributed by atoms with Crippen molar-refractivity contribution in [2.75, 3.05) is 5.32 Å². The Morgan fingerprint density at radius 3 is 2.91 bits per heavy atom. The maximum Gasteiger partial charge on any atom is 0.232 e. The highest BCUT2D eigenvalue weighted by atomic mass is 32.1. The summed E-state index contributed by atoms with van der Waals surface area (Å²) in [6.45, 7) is 2.09. The van der Waals surface area contributed by atoms with Gasteiger partial charge in [0.2, 0.25) is 5.91 Å². The van der Waals surface area contributed by atoms with E-state index in [0.717, 1.165) is 15.8 Å². The maximum atomic E-state index is 12.9. The van der Waals surface area contributed by atoms with Gasteiger partial charge in [0.1, 0.15) is 6.17 Å². The van der Waals surface area contributed by atoms with E-state index in [-0.39, 0.29) is 5.91 Å². The van der Waals surface area contributed by atoms with Crippen molar-refractivity contribution >= 4 is 43.9 Å². The van der Waals surface area contributed by atoms with Gasteiger partial charge in [0.15, 0.2) is 5.13 Å². The summed E-state index contributed by atoms with van der Waals surface area (Å²) in [7, 11) is 0. The molecule has 0 bridgehead atoms. The van der Waals surface area contributed by atoms with E-state index in [9.17, 15) is 9.18 Å². The van der Waals surface area contributed by atoms with E-state index in [0.29, 0.717) is 11.6 Å². The van der Waals surface area contributed by atoms with Gasteiger partial charge in [0.05, 0.1) is 16.1 Å². The third-order valence-corrected chi connectivity index (χ3v) is 5.79. The number of halogens is 1. The molecule has 1 aliphatic rings. The van der Waals surface area contributed by atoms with Crippen molar-refractivity contribution in [2.24, 2.45) is 5.92 Å². The van der Waals surface area contributed by atoms with E-state index in [4.69, 9.17) is 0 Å². The monoisotopic (exact) mass is 332 g/mol. The number of carbonyl (C=O) groups is 1. The molecule has 1 amide bonds. The van der Waals surface area contributed by atoms with Crippen LogP contribution in [-0.4, -0.2) is 17.1 Å². The molecule has 3 aromatic rings. The number of carbonyl (C=O) groups excluding carboxylic acids is 1. The summed E-state index contributed by atoms with van der Waals surface area (Å²) < 4.78 is 13.9. The summed E-state index contributed by atoms with van der Waals surface area (Å²) in [5.74, 6) is -0.753. The summed E-state index contributed by atoms with van der Waals surface area (Å²) in [5, 5.41) is 5.34. The van der Waals surface area contributed by atoms with E-state index in [2.05, 4.69) is 34.7 Å². The number of hydrogen-bond donors (Lipinski definition) is 1. The van der Waals surface area contributed by atoms with Crippen LogP contribution < -0.4 is 5.32 Å². The van der Waals surface area contributed by atoms with Crippen LogP contribution in [0.3, 0.4) is 0 Å². The minimum atomic E-state index is -0.984. The number of nitrogens with one attached hydrogen (secondary N) is 1. The van der Waals surface area contributed by atoms with Gasteiger partial charge in [-0.2, -0.15) is 0 Å². The molecule has 2 atom stereocenters. The third-order valence-electron chi connectivity index (χ3n) is 3.79. The molecular formula is C16H13FN2OS2. The molecule has 0 radical (unpaired) electrons. The Morgan fingerprint density at radius 2 is 2.23 bits per heavy atom. The molecule has 6 heteroatoms. The van der Waals surface area contributed by atoms with Gasteiger partial charge in [0, 0.05) is 4.88 Å². The fraction of sp³-hybridized carbons (Fsp3) is 0.250. The number of anilines is 1. The van der Waals surface area contributed by atoms with Crippen LogP contribution in [0, 0.1) is 12.8 Å². The smallest absolute Gasteiger partial charge is 0.232 e. The SMILES string of the molecule is Cc1ccsc1-c1ccc2nc(NC(=O)[C@@H]3C[C@@H]3F)sc2c1. The van der Waals surface area contributed by atoms with E-state index in [1.807, 2.05) is 12.1 Å². The van der Waals surface area contributed by atoms with Crippen LogP contribution in [0.15, 0.2) is 29.6 Å². The molecule has 0 saturated heterocycles. The number of alkyl halides is 1. The number of aryl methyl sites for hydroxylation is 1. The first-order valence-corrected chi connectivity index (χ1v) is 8.71. The molecule has 22 heavy (non-hydrogen) atoms. The number of hydrogen-bond acceptors (Lipinski definition) is 4. The second kappa shape index (κ2) is 5.14. The van der Waals surface area contributed by atoms with Crippen molar-refractivity contribution in [3.05, 3.63) is 35.2 Å². The number of aromatic nitrogens is 1. The molecule has 2 aromatic heterocycles. The predicted molar refractivity (Wildman–Crippen MR) is 89.3 cm³/mol. The Labute approximate surface area is 134 Å². The van der Waals surface area contributed by atoms with Crippen LogP contribution in [0.25, 0.3) is 20.7 Å². The number of thiophene rings is 1. The van der Waals surface area contributed by atoms with Gasteiger partial charge in [-0.1, -0.05) is 17.4 Å². The number of thiazole rings is 1. The topological polar surface area (TPSA) is 42.0 Å². The van der Waals surface area contributed by atoms with Gasteiger partial charge >= 0.3 is 0 Å². The molecule has 3 nitrogen and oxygen atoms in total. The van der Waals surface area contributed by atoms with Crippen LogP contribution in [0.2, 0.25) is 0 Å². The standard InChI is InChI=1S/C16H13FN2OS2/c1-8-4-5-21-14(8)9-2-3-12-13(6-9)22-16(18-12)19-15(20)10-7-11(10)17/h2-6,10-11H,7H2,1H3,(H,18,19,20)/t10-,11+/m1/s1. The molecule has 1 N–H and O–H groups in total. The minimum Gasteiger partial charge on any atom is -0.302 e. The Kier molecular flexibility index (Phi) is 3.23. The van der Waals surface area contributed by atoms with Crippen molar-refractivity contribution in [3.8, 4) is 10.4 Å². The largest absolute Gasteiger partial charge is 0.302 e. The summed E-state index contributed by atoms with van der Waals surface area (Å²) in [4.78, 5) is 17.4. The molecule has 0 spiro atoms. The van der Waals surface area contributed by atoms with E-state index in [1.165, 1.54) is 21.8 Å². The number of nitrogens with zero attached hydrogens (tertiary/aromatic N) is 1. The lowest BCUT2D eigenvalue weighted by Crippen LogP contribution is -2.14. The van der Waals surface area contributed by atoms with Crippen molar-refractivity contribution in [1.29, 1.82) is 0 Å². The number of benzene rings is 1. The van der Waals surface area contributed by atoms with Gasteiger partial charge in [-0.3, -0.25) is 4.79 Å². The molecule has 0 unspecified atom stereocenters. The van der Waals surface area contributed by atoms with Crippen molar-refractivity contribution in [3.63, 3.8) is 0 Å². The highest BCUT2D eigenvalue weighted by Crippen LogP contribution is 2.37. The van der Waals surface area contributed by atoms with Crippen LogP contribution in [-0.2, 0) is 4.79 Å². The van der Waals surface area contributed by atoms with Crippen LogP contribution >= 0.6 is 22.7 Å². The Bertz CT molecular complexity index is 870. The first-order valence-electron chi connectivity index (χ1n) is 7.02. The zero-order valence-electron chi connectivity index (χ0n) is 11.8. The number of rotatable bonds is 3. The molecule has 1 fully saturated rings. The highest BCUT2D eigenvalue weighted by molar-refractivity contribution is 7.22. The fourth-order valence-corrected chi connectivity index (χ4v) is 4.25. The first-order chi connectivity index (χ1) is 10.6. The fourth-order valence-electron chi connectivity index (χ4n) is 2.42. The lowest BCUT2D eigenvalue weighted by atomic mass is 10.1. The Hall–Kier alpha value is -1.79. The first kappa shape index (κ1) is 13.8. The van der Waals surface area contributed by atoms with Crippen LogP contribution in [0.5, 0.6) is 0 Å². The molecular weight excluding hydrogens is 319 g/mol. The third kappa shape index (κ3) is 2.42. The molecule has 1 aromatic carbocycles. The molecule has 0 aliphatic heterocycles. The lowest BCUT2D eigenvalue weighted by Gasteiger charge is -1.99. The average molecular weight is 332 g/mol. The van der Waals surface area contributed by atoms with Gasteiger partial charge in [0.25, 0.3) is 0 Å². The zero-order valence-corrected chi connectivity index (χ0v) is 13.4. The average Bonchev–Trinajstić information content (AvgIpc) is 2.90. The van der Waals surface area contributed by atoms with Gasteiger partial charge in [-0.15, -0.1) is 11.3 Å². The number of fused-ring (bicyclic) bond motifs is 1. The summed E-state index contributed by atoms with van der Waals surface area (Å²) in [6, 6.07) is 8.21. The number of amides is 1. The molecule has 2 heterocycles. The zero-order chi connectivity index (χ0) is 15.3. The Balaban J connectivity index is 1.63. The quantitative estimate of drug-likeness (QED) is 0.760. The van der Waals surface area contributed by atoms with E-state index >= 15 is 0 Å². The summed E-state index contributed by atoms with van der Waals surface area (Å²) >= 11 is 3.14. The highest BCUT2D eigenvalue weighted by Gasteiger charge is 2.43. The van der Waals surface area contributed by atoms with Gasteiger partial charge < -0.3 is 5.32 Å². The molecule has 4 rings (SSSR count). The van der Waals surface area contributed by atoms with Gasteiger partial charge in [-0.05, 0) is 48.1 Å².